The highest BCUT2D eigenvalue weighted by Gasteiger charge is 2.26. The first-order chi connectivity index (χ1) is 14.2. The van der Waals surface area contributed by atoms with Crippen molar-refractivity contribution in [3.63, 3.8) is 0 Å². The molecule has 0 fully saturated rings. The van der Waals surface area contributed by atoms with Gasteiger partial charge in [-0.1, -0.05) is 30.3 Å². The van der Waals surface area contributed by atoms with Gasteiger partial charge in [-0.05, 0) is 48.0 Å². The Balaban J connectivity index is 1.59. The first-order valence-electron chi connectivity index (χ1n) is 9.30. The number of cyclic esters (lactones) is 1. The number of hydrogen-bond acceptors (Lipinski definition) is 6. The molecule has 0 unspecified atom stereocenters. The van der Waals surface area contributed by atoms with E-state index in [9.17, 15) is 4.79 Å². The van der Waals surface area contributed by atoms with E-state index in [1.54, 1.807) is 24.3 Å². The van der Waals surface area contributed by atoms with E-state index in [-0.39, 0.29) is 18.4 Å². The highest BCUT2D eigenvalue weighted by Crippen LogP contribution is 2.35. The van der Waals surface area contributed by atoms with Gasteiger partial charge in [-0.25, -0.2) is 9.79 Å². The molecule has 144 valence electrons. The third-order valence-electron chi connectivity index (χ3n) is 4.75. The molecule has 0 amide bonds. The Morgan fingerprint density at radius 2 is 1.93 bits per heavy atom. The lowest BCUT2D eigenvalue weighted by atomic mass is 10.0. The number of hydrogen-bond donors (Lipinski definition) is 0. The predicted molar refractivity (Wildman–Crippen MR) is 108 cm³/mol. The normalized spacial score (nSPS) is 16.2. The summed E-state index contributed by atoms with van der Waals surface area (Å²) in [5.41, 5.74) is 1.66. The maximum absolute atomic E-state index is 12.5. The number of ether oxygens (including phenoxy) is 4. The van der Waals surface area contributed by atoms with E-state index in [0.717, 1.165) is 16.3 Å². The van der Waals surface area contributed by atoms with Crippen LogP contribution < -0.4 is 14.2 Å². The average Bonchev–Trinajstić information content (AvgIpc) is 3.36. The molecular formula is C23H17NO5. The fourth-order valence-electron chi connectivity index (χ4n) is 3.40. The van der Waals surface area contributed by atoms with Crippen molar-refractivity contribution in [3.8, 4) is 17.2 Å². The molecule has 2 heterocycles. The molecule has 3 aromatic carbocycles. The molecular weight excluding hydrogens is 370 g/mol. The first-order valence-corrected chi connectivity index (χ1v) is 9.30. The first kappa shape index (κ1) is 17.3. The van der Waals surface area contributed by atoms with E-state index in [4.69, 9.17) is 18.9 Å². The van der Waals surface area contributed by atoms with Crippen molar-refractivity contribution >= 4 is 28.7 Å². The van der Waals surface area contributed by atoms with Crippen LogP contribution in [0.5, 0.6) is 17.2 Å². The summed E-state index contributed by atoms with van der Waals surface area (Å²) in [4.78, 5) is 16.9. The van der Waals surface area contributed by atoms with Crippen molar-refractivity contribution in [2.45, 2.75) is 6.92 Å². The maximum Gasteiger partial charge on any atom is 0.363 e. The second-order valence-electron chi connectivity index (χ2n) is 6.54. The van der Waals surface area contributed by atoms with E-state index in [1.807, 2.05) is 43.3 Å². The largest absolute Gasteiger partial charge is 0.493 e. The van der Waals surface area contributed by atoms with E-state index in [2.05, 4.69) is 4.99 Å². The molecule has 2 aliphatic rings. The second kappa shape index (κ2) is 6.98. The van der Waals surface area contributed by atoms with E-state index in [0.29, 0.717) is 29.4 Å². The minimum atomic E-state index is -0.506. The zero-order chi connectivity index (χ0) is 19.8. The molecule has 0 saturated carbocycles. The van der Waals surface area contributed by atoms with Crippen LogP contribution >= 0.6 is 0 Å². The molecule has 3 aromatic rings. The number of fused-ring (bicyclic) bond motifs is 2. The molecule has 0 N–H and O–H groups in total. The van der Waals surface area contributed by atoms with Crippen LogP contribution in [0.2, 0.25) is 0 Å². The summed E-state index contributed by atoms with van der Waals surface area (Å²) in [6.45, 7) is 2.62. The second-order valence-corrected chi connectivity index (χ2v) is 6.54. The van der Waals surface area contributed by atoms with Gasteiger partial charge in [0.05, 0.1) is 6.61 Å². The fourth-order valence-corrected chi connectivity index (χ4v) is 3.40. The zero-order valence-electron chi connectivity index (χ0n) is 15.7. The summed E-state index contributed by atoms with van der Waals surface area (Å²) in [7, 11) is 0. The van der Waals surface area contributed by atoms with Crippen molar-refractivity contribution in [2.24, 2.45) is 4.99 Å². The Labute approximate surface area is 167 Å². The monoisotopic (exact) mass is 387 g/mol. The summed E-state index contributed by atoms with van der Waals surface area (Å²) in [5, 5.41) is 2.03. The summed E-state index contributed by atoms with van der Waals surface area (Å²) in [5.74, 6) is 1.68. The molecule has 29 heavy (non-hydrogen) atoms. The molecule has 0 bridgehead atoms. The lowest BCUT2D eigenvalue weighted by Gasteiger charge is -2.10. The molecule has 0 aliphatic carbocycles. The number of rotatable bonds is 4. The van der Waals surface area contributed by atoms with Gasteiger partial charge in [0.25, 0.3) is 0 Å². The lowest BCUT2D eigenvalue weighted by molar-refractivity contribution is -0.129. The number of carbonyl (C=O) groups excluding carboxylic acids is 1. The minimum Gasteiger partial charge on any atom is -0.493 e. The van der Waals surface area contributed by atoms with Gasteiger partial charge < -0.3 is 18.9 Å². The summed E-state index contributed by atoms with van der Waals surface area (Å²) >= 11 is 0. The standard InChI is InChI=1S/C23H17NO5/c1-2-26-19-9-7-14-5-3-4-6-16(14)17(19)12-18-23(25)29-22(24-18)15-8-10-20-21(11-15)28-13-27-20/h3-12H,2,13H2,1H3/b18-12+. The zero-order valence-corrected chi connectivity index (χ0v) is 15.7. The lowest BCUT2D eigenvalue weighted by Crippen LogP contribution is -2.05. The molecule has 0 spiro atoms. The Morgan fingerprint density at radius 3 is 2.83 bits per heavy atom. The Kier molecular flexibility index (Phi) is 4.17. The molecule has 6 heteroatoms. The van der Waals surface area contributed by atoms with Crippen molar-refractivity contribution in [1.29, 1.82) is 0 Å². The van der Waals surface area contributed by atoms with Crippen LogP contribution in [0.15, 0.2) is 65.3 Å². The van der Waals surface area contributed by atoms with Crippen LogP contribution in [0.3, 0.4) is 0 Å². The Hall–Kier alpha value is -3.80. The van der Waals surface area contributed by atoms with Crippen molar-refractivity contribution < 1.29 is 23.7 Å². The third-order valence-corrected chi connectivity index (χ3v) is 4.75. The highest BCUT2D eigenvalue weighted by molar-refractivity contribution is 6.13. The summed E-state index contributed by atoms with van der Waals surface area (Å²) < 4.78 is 21.9. The van der Waals surface area contributed by atoms with E-state index in [1.165, 1.54) is 0 Å². The van der Waals surface area contributed by atoms with Gasteiger partial charge in [-0.2, -0.15) is 0 Å². The quantitative estimate of drug-likeness (QED) is 0.493. The van der Waals surface area contributed by atoms with Crippen molar-refractivity contribution in [2.75, 3.05) is 13.4 Å². The van der Waals surface area contributed by atoms with Crippen LogP contribution in [0.4, 0.5) is 0 Å². The van der Waals surface area contributed by atoms with Gasteiger partial charge in [0.2, 0.25) is 12.7 Å². The van der Waals surface area contributed by atoms with Gasteiger partial charge in [-0.3, -0.25) is 0 Å². The van der Waals surface area contributed by atoms with E-state index >= 15 is 0 Å². The molecule has 0 aromatic heterocycles. The number of esters is 1. The van der Waals surface area contributed by atoms with Gasteiger partial charge in [0.1, 0.15) is 5.75 Å². The van der Waals surface area contributed by atoms with Gasteiger partial charge in [0.15, 0.2) is 17.2 Å². The number of benzene rings is 3. The minimum absolute atomic E-state index is 0.178. The van der Waals surface area contributed by atoms with Crippen LogP contribution in [-0.4, -0.2) is 25.3 Å². The molecule has 5 rings (SSSR count). The van der Waals surface area contributed by atoms with Crippen LogP contribution in [0.1, 0.15) is 18.1 Å². The summed E-state index contributed by atoms with van der Waals surface area (Å²) in [6.07, 6.45) is 1.72. The fraction of sp³-hybridized carbons (Fsp3) is 0.130. The number of carbonyl (C=O) groups is 1. The molecule has 2 aliphatic heterocycles. The highest BCUT2D eigenvalue weighted by atomic mass is 16.7. The molecule has 6 nitrogen and oxygen atoms in total. The van der Waals surface area contributed by atoms with Crippen molar-refractivity contribution in [1.82, 2.24) is 0 Å². The third kappa shape index (κ3) is 3.08. The van der Waals surface area contributed by atoms with Gasteiger partial charge in [-0.15, -0.1) is 0 Å². The number of aliphatic imine (C=N–C) groups is 1. The summed E-state index contributed by atoms with van der Waals surface area (Å²) in [6, 6.07) is 17.1. The van der Waals surface area contributed by atoms with Gasteiger partial charge >= 0.3 is 5.97 Å². The molecule has 0 saturated heterocycles. The number of nitrogens with zero attached hydrogens (tertiary/aromatic N) is 1. The molecule has 0 radical (unpaired) electrons. The topological polar surface area (TPSA) is 66.3 Å². The average molecular weight is 387 g/mol. The predicted octanol–water partition coefficient (Wildman–Crippen LogP) is 4.31. The van der Waals surface area contributed by atoms with Crippen LogP contribution in [-0.2, 0) is 9.53 Å². The van der Waals surface area contributed by atoms with Crippen LogP contribution in [0.25, 0.3) is 16.8 Å². The molecule has 0 atom stereocenters. The van der Waals surface area contributed by atoms with Crippen LogP contribution in [0, 0.1) is 0 Å². The van der Waals surface area contributed by atoms with Gasteiger partial charge in [0, 0.05) is 11.1 Å². The maximum atomic E-state index is 12.5. The SMILES string of the molecule is CCOc1ccc2ccccc2c1/C=C1/N=C(c2ccc3c(c2)OCO3)OC1=O. The van der Waals surface area contributed by atoms with E-state index < -0.39 is 5.97 Å². The smallest absolute Gasteiger partial charge is 0.363 e. The Bertz CT molecular complexity index is 1200. The Morgan fingerprint density at radius 1 is 1.07 bits per heavy atom. The van der Waals surface area contributed by atoms with Crippen molar-refractivity contribution in [3.05, 3.63) is 71.4 Å².